The van der Waals surface area contributed by atoms with Crippen molar-refractivity contribution in [3.05, 3.63) is 0 Å². The number of nitrogens with two attached hydrogens (primary N) is 1. The number of amides is 1. The predicted octanol–water partition coefficient (Wildman–Crippen LogP) is 1.56. The fourth-order valence-corrected chi connectivity index (χ4v) is 2.06. The second-order valence-corrected chi connectivity index (χ2v) is 4.33. The molecule has 14 heavy (non-hydrogen) atoms. The van der Waals surface area contributed by atoms with Gasteiger partial charge in [0.1, 0.15) is 0 Å². The van der Waals surface area contributed by atoms with E-state index in [9.17, 15) is 4.79 Å². The van der Waals surface area contributed by atoms with Gasteiger partial charge in [-0.15, -0.1) is 0 Å². The van der Waals surface area contributed by atoms with Crippen molar-refractivity contribution in [1.29, 1.82) is 0 Å². The SMILES string of the molecule is CC(NC1CCCCCCC1)C(N)=O. The average Bonchev–Trinajstić information content (AvgIpc) is 2.08. The Morgan fingerprint density at radius 2 is 1.71 bits per heavy atom. The fraction of sp³-hybridized carbons (Fsp3) is 0.909. The molecule has 3 heteroatoms. The highest BCUT2D eigenvalue weighted by Crippen LogP contribution is 2.17. The van der Waals surface area contributed by atoms with Gasteiger partial charge in [0.05, 0.1) is 6.04 Å². The van der Waals surface area contributed by atoms with Gasteiger partial charge in [-0.2, -0.15) is 0 Å². The molecule has 0 spiro atoms. The van der Waals surface area contributed by atoms with Gasteiger partial charge in [-0.25, -0.2) is 0 Å². The topological polar surface area (TPSA) is 55.1 Å². The number of carbonyl (C=O) groups excluding carboxylic acids is 1. The highest BCUT2D eigenvalue weighted by Gasteiger charge is 2.16. The molecular weight excluding hydrogens is 176 g/mol. The first kappa shape index (κ1) is 11.5. The maximum Gasteiger partial charge on any atom is 0.234 e. The van der Waals surface area contributed by atoms with E-state index in [0.29, 0.717) is 6.04 Å². The van der Waals surface area contributed by atoms with E-state index in [1.807, 2.05) is 6.92 Å². The molecule has 3 N–H and O–H groups in total. The maximum absolute atomic E-state index is 10.9. The van der Waals surface area contributed by atoms with Gasteiger partial charge < -0.3 is 11.1 Å². The van der Waals surface area contributed by atoms with Crippen molar-refractivity contribution in [2.45, 2.75) is 64.0 Å². The number of carbonyl (C=O) groups is 1. The zero-order valence-corrected chi connectivity index (χ0v) is 9.09. The van der Waals surface area contributed by atoms with E-state index in [-0.39, 0.29) is 11.9 Å². The van der Waals surface area contributed by atoms with Crippen LogP contribution in [0.25, 0.3) is 0 Å². The van der Waals surface area contributed by atoms with E-state index in [1.54, 1.807) is 0 Å². The van der Waals surface area contributed by atoms with Crippen molar-refractivity contribution < 1.29 is 4.79 Å². The van der Waals surface area contributed by atoms with E-state index in [4.69, 9.17) is 5.73 Å². The summed E-state index contributed by atoms with van der Waals surface area (Å²) in [5, 5.41) is 3.31. The van der Waals surface area contributed by atoms with Crippen molar-refractivity contribution in [1.82, 2.24) is 5.32 Å². The molecule has 0 heterocycles. The minimum Gasteiger partial charge on any atom is -0.368 e. The van der Waals surface area contributed by atoms with Gasteiger partial charge in [0.25, 0.3) is 0 Å². The standard InChI is InChI=1S/C11H22N2O/c1-9(11(12)14)13-10-7-5-3-2-4-6-8-10/h9-10,13H,2-8H2,1H3,(H2,12,14). The maximum atomic E-state index is 10.9. The summed E-state index contributed by atoms with van der Waals surface area (Å²) >= 11 is 0. The Bertz CT molecular complexity index is 174. The molecule has 0 bridgehead atoms. The molecular formula is C11H22N2O. The molecule has 1 saturated carbocycles. The Kier molecular flexibility index (Phi) is 4.94. The summed E-state index contributed by atoms with van der Waals surface area (Å²) in [6.45, 7) is 1.85. The van der Waals surface area contributed by atoms with Crippen molar-refractivity contribution >= 4 is 5.91 Å². The molecule has 3 nitrogen and oxygen atoms in total. The van der Waals surface area contributed by atoms with Crippen LogP contribution >= 0.6 is 0 Å². The lowest BCUT2D eigenvalue weighted by Gasteiger charge is -2.23. The number of hydrogen-bond donors (Lipinski definition) is 2. The lowest BCUT2D eigenvalue weighted by molar-refractivity contribution is -0.119. The fourth-order valence-electron chi connectivity index (χ4n) is 2.06. The van der Waals surface area contributed by atoms with Crippen molar-refractivity contribution in [2.24, 2.45) is 5.73 Å². The smallest absolute Gasteiger partial charge is 0.234 e. The lowest BCUT2D eigenvalue weighted by atomic mass is 9.96. The summed E-state index contributed by atoms with van der Waals surface area (Å²) in [6, 6.07) is 0.317. The van der Waals surface area contributed by atoms with Crippen LogP contribution < -0.4 is 11.1 Å². The van der Waals surface area contributed by atoms with E-state index < -0.39 is 0 Å². The molecule has 1 aliphatic rings. The molecule has 1 atom stereocenters. The van der Waals surface area contributed by atoms with Crippen LogP contribution in [-0.4, -0.2) is 18.0 Å². The van der Waals surface area contributed by atoms with E-state index >= 15 is 0 Å². The second kappa shape index (κ2) is 6.02. The average molecular weight is 198 g/mol. The molecule has 0 saturated heterocycles. The lowest BCUT2D eigenvalue weighted by Crippen LogP contribution is -2.44. The minimum atomic E-state index is -0.243. The van der Waals surface area contributed by atoms with Crippen LogP contribution in [0.3, 0.4) is 0 Å². The first-order valence-electron chi connectivity index (χ1n) is 5.75. The van der Waals surface area contributed by atoms with Crippen LogP contribution in [0, 0.1) is 0 Å². The van der Waals surface area contributed by atoms with Gasteiger partial charge in [-0.1, -0.05) is 32.1 Å². The molecule has 0 aromatic heterocycles. The van der Waals surface area contributed by atoms with Crippen LogP contribution in [0.2, 0.25) is 0 Å². The molecule has 1 aliphatic carbocycles. The quantitative estimate of drug-likeness (QED) is 0.723. The van der Waals surface area contributed by atoms with Crippen molar-refractivity contribution in [2.75, 3.05) is 0 Å². The highest BCUT2D eigenvalue weighted by atomic mass is 16.1. The Hall–Kier alpha value is -0.570. The summed E-state index contributed by atoms with van der Waals surface area (Å²) in [4.78, 5) is 10.9. The van der Waals surface area contributed by atoms with Crippen LogP contribution in [0.15, 0.2) is 0 Å². The predicted molar refractivity (Wildman–Crippen MR) is 57.9 cm³/mol. The molecule has 1 fully saturated rings. The van der Waals surface area contributed by atoms with Gasteiger partial charge in [0.2, 0.25) is 5.91 Å². The summed E-state index contributed by atoms with van der Waals surface area (Å²) < 4.78 is 0. The summed E-state index contributed by atoms with van der Waals surface area (Å²) in [5.41, 5.74) is 5.22. The zero-order valence-electron chi connectivity index (χ0n) is 9.09. The molecule has 1 rings (SSSR count). The molecule has 0 aliphatic heterocycles. The van der Waals surface area contributed by atoms with Gasteiger partial charge in [0, 0.05) is 6.04 Å². The van der Waals surface area contributed by atoms with Crippen molar-refractivity contribution in [3.8, 4) is 0 Å². The molecule has 1 unspecified atom stereocenters. The van der Waals surface area contributed by atoms with Crippen LogP contribution in [0.1, 0.15) is 51.9 Å². The zero-order chi connectivity index (χ0) is 10.4. The molecule has 0 aromatic rings. The molecule has 0 aromatic carbocycles. The monoisotopic (exact) mass is 198 g/mol. The third kappa shape index (κ3) is 4.09. The van der Waals surface area contributed by atoms with Crippen LogP contribution in [0.5, 0.6) is 0 Å². The molecule has 82 valence electrons. The van der Waals surface area contributed by atoms with E-state index in [1.165, 1.54) is 44.9 Å². The Morgan fingerprint density at radius 1 is 1.21 bits per heavy atom. The van der Waals surface area contributed by atoms with E-state index in [0.717, 1.165) is 0 Å². The van der Waals surface area contributed by atoms with Crippen LogP contribution in [0.4, 0.5) is 0 Å². The summed E-state index contributed by atoms with van der Waals surface area (Å²) in [7, 11) is 0. The first-order valence-corrected chi connectivity index (χ1v) is 5.75. The number of hydrogen-bond acceptors (Lipinski definition) is 2. The Labute approximate surface area is 86.4 Å². The number of nitrogens with one attached hydrogen (secondary N) is 1. The third-order valence-corrected chi connectivity index (χ3v) is 3.02. The summed E-state index contributed by atoms with van der Waals surface area (Å²) in [6.07, 6.45) is 8.99. The third-order valence-electron chi connectivity index (χ3n) is 3.02. The normalized spacial score (nSPS) is 22.4. The first-order chi connectivity index (χ1) is 6.70. The number of rotatable bonds is 3. The van der Waals surface area contributed by atoms with Crippen LogP contribution in [-0.2, 0) is 4.79 Å². The Morgan fingerprint density at radius 3 is 2.21 bits per heavy atom. The molecule has 0 radical (unpaired) electrons. The largest absolute Gasteiger partial charge is 0.368 e. The summed E-state index contributed by atoms with van der Waals surface area (Å²) in [5.74, 6) is -0.243. The van der Waals surface area contributed by atoms with Gasteiger partial charge in [0.15, 0.2) is 0 Å². The minimum absolute atomic E-state index is 0.181. The molecule has 1 amide bonds. The Balaban J connectivity index is 2.29. The highest BCUT2D eigenvalue weighted by molar-refractivity contribution is 5.79. The van der Waals surface area contributed by atoms with Gasteiger partial charge in [-0.3, -0.25) is 4.79 Å². The van der Waals surface area contributed by atoms with Crippen molar-refractivity contribution in [3.63, 3.8) is 0 Å². The number of primary amides is 1. The van der Waals surface area contributed by atoms with E-state index in [2.05, 4.69) is 5.32 Å². The van der Waals surface area contributed by atoms with Gasteiger partial charge in [-0.05, 0) is 19.8 Å². The van der Waals surface area contributed by atoms with Gasteiger partial charge >= 0.3 is 0 Å². The second-order valence-electron chi connectivity index (χ2n) is 4.33.